The normalized spacial score (nSPS) is 19.1. The zero-order chi connectivity index (χ0) is 12.4. The van der Waals surface area contributed by atoms with E-state index < -0.39 is 5.97 Å². The Balaban J connectivity index is 2.48. The Bertz CT molecular complexity index is 472. The van der Waals surface area contributed by atoms with E-state index in [1.807, 2.05) is 6.07 Å². The van der Waals surface area contributed by atoms with Crippen molar-refractivity contribution in [1.29, 1.82) is 0 Å². The van der Waals surface area contributed by atoms with Gasteiger partial charge in [-0.25, -0.2) is 0 Å². The summed E-state index contributed by atoms with van der Waals surface area (Å²) in [5, 5.41) is 9.01. The largest absolute Gasteiger partial charge is 0.481 e. The van der Waals surface area contributed by atoms with Crippen LogP contribution in [0.25, 0.3) is 5.57 Å². The summed E-state index contributed by atoms with van der Waals surface area (Å²) in [6.45, 7) is 4.19. The molecule has 1 N–H and O–H groups in total. The average Bonchev–Trinajstić information content (AvgIpc) is 2.32. The minimum absolute atomic E-state index is 0.179. The monoisotopic (exact) mass is 230 g/mol. The molecule has 0 amide bonds. The maximum Gasteiger partial charge on any atom is 0.307 e. The number of fused-ring (bicyclic) bond motifs is 1. The fourth-order valence-corrected chi connectivity index (χ4v) is 2.76. The molecular formula is C15H18O2. The highest BCUT2D eigenvalue weighted by molar-refractivity contribution is 5.79. The van der Waals surface area contributed by atoms with Crippen LogP contribution in [0.2, 0.25) is 0 Å². The van der Waals surface area contributed by atoms with Gasteiger partial charge < -0.3 is 5.11 Å². The van der Waals surface area contributed by atoms with Gasteiger partial charge in [-0.1, -0.05) is 36.8 Å². The second kappa shape index (κ2) is 4.74. The molecule has 17 heavy (non-hydrogen) atoms. The minimum Gasteiger partial charge on any atom is -0.481 e. The first kappa shape index (κ1) is 11.9. The number of allylic oxidation sites excluding steroid dienone is 1. The third-order valence-electron chi connectivity index (χ3n) is 3.70. The van der Waals surface area contributed by atoms with Crippen LogP contribution in [-0.2, 0) is 11.2 Å². The molecule has 0 saturated carbocycles. The van der Waals surface area contributed by atoms with Gasteiger partial charge in [0.2, 0.25) is 0 Å². The Labute approximate surface area is 102 Å². The van der Waals surface area contributed by atoms with Crippen molar-refractivity contribution in [3.8, 4) is 0 Å². The van der Waals surface area contributed by atoms with Crippen molar-refractivity contribution in [2.45, 2.75) is 33.1 Å². The highest BCUT2D eigenvalue weighted by Crippen LogP contribution is 2.37. The lowest BCUT2D eigenvalue weighted by Gasteiger charge is -2.28. The van der Waals surface area contributed by atoms with Gasteiger partial charge in [-0.2, -0.15) is 0 Å². The van der Waals surface area contributed by atoms with Crippen LogP contribution in [0.4, 0.5) is 0 Å². The van der Waals surface area contributed by atoms with E-state index in [0.29, 0.717) is 5.92 Å². The number of carboxylic acids is 1. The maximum atomic E-state index is 11.0. The molecule has 1 aromatic carbocycles. The van der Waals surface area contributed by atoms with Crippen LogP contribution in [0.3, 0.4) is 0 Å². The fourth-order valence-electron chi connectivity index (χ4n) is 2.76. The molecule has 2 heteroatoms. The molecule has 0 heterocycles. The second-order valence-electron chi connectivity index (χ2n) is 4.69. The zero-order valence-corrected chi connectivity index (χ0v) is 10.4. The van der Waals surface area contributed by atoms with E-state index >= 15 is 0 Å². The third-order valence-corrected chi connectivity index (χ3v) is 3.70. The summed E-state index contributed by atoms with van der Waals surface area (Å²) in [7, 11) is 0. The predicted octanol–water partition coefficient (Wildman–Crippen LogP) is 3.52. The molecule has 1 unspecified atom stereocenters. The van der Waals surface area contributed by atoms with Crippen molar-refractivity contribution in [2.75, 3.05) is 0 Å². The first-order valence-electron chi connectivity index (χ1n) is 6.13. The molecule has 1 aliphatic rings. The quantitative estimate of drug-likeness (QED) is 0.862. The van der Waals surface area contributed by atoms with Crippen LogP contribution >= 0.6 is 0 Å². The van der Waals surface area contributed by atoms with Gasteiger partial charge in [-0.15, -0.1) is 0 Å². The fraction of sp³-hybridized carbons (Fsp3) is 0.400. The van der Waals surface area contributed by atoms with Gasteiger partial charge in [0.05, 0.1) is 6.42 Å². The molecule has 0 aliphatic heterocycles. The van der Waals surface area contributed by atoms with Gasteiger partial charge in [0.25, 0.3) is 0 Å². The summed E-state index contributed by atoms with van der Waals surface area (Å²) < 4.78 is 0. The number of carboxylic acid groups (broad SMARTS) is 1. The minimum atomic E-state index is -0.725. The summed E-state index contributed by atoms with van der Waals surface area (Å²) in [6, 6.07) is 8.32. The molecule has 0 saturated heterocycles. The Morgan fingerprint density at radius 3 is 2.76 bits per heavy atom. The van der Waals surface area contributed by atoms with E-state index in [2.05, 4.69) is 32.0 Å². The van der Waals surface area contributed by atoms with E-state index in [1.165, 1.54) is 16.7 Å². The second-order valence-corrected chi connectivity index (χ2v) is 4.69. The van der Waals surface area contributed by atoms with Crippen molar-refractivity contribution < 1.29 is 9.90 Å². The SMILES string of the molecule is CCC1Cc2ccccc2C(C)=C1CC(=O)O. The molecule has 0 spiro atoms. The Kier molecular flexibility index (Phi) is 3.32. The molecule has 2 nitrogen and oxygen atoms in total. The lowest BCUT2D eigenvalue weighted by atomic mass is 9.77. The van der Waals surface area contributed by atoms with Crippen LogP contribution in [0.15, 0.2) is 29.8 Å². The number of benzene rings is 1. The van der Waals surface area contributed by atoms with Crippen LogP contribution < -0.4 is 0 Å². The van der Waals surface area contributed by atoms with Crippen LogP contribution in [0, 0.1) is 5.92 Å². The number of hydrogen-bond donors (Lipinski definition) is 1. The molecule has 2 rings (SSSR count). The van der Waals surface area contributed by atoms with E-state index in [-0.39, 0.29) is 6.42 Å². The van der Waals surface area contributed by atoms with Crippen molar-refractivity contribution in [3.05, 3.63) is 41.0 Å². The summed E-state index contributed by atoms with van der Waals surface area (Å²) in [5.74, 6) is -0.335. The summed E-state index contributed by atoms with van der Waals surface area (Å²) >= 11 is 0. The Morgan fingerprint density at radius 1 is 1.41 bits per heavy atom. The number of rotatable bonds is 3. The van der Waals surface area contributed by atoms with Crippen molar-refractivity contribution in [3.63, 3.8) is 0 Å². The Hall–Kier alpha value is -1.57. The van der Waals surface area contributed by atoms with Gasteiger partial charge >= 0.3 is 5.97 Å². The molecule has 0 fully saturated rings. The van der Waals surface area contributed by atoms with Crippen molar-refractivity contribution in [2.24, 2.45) is 5.92 Å². The zero-order valence-electron chi connectivity index (χ0n) is 10.4. The first-order chi connectivity index (χ1) is 8.13. The van der Waals surface area contributed by atoms with Gasteiger partial charge in [-0.3, -0.25) is 4.79 Å². The van der Waals surface area contributed by atoms with Crippen molar-refractivity contribution >= 4 is 11.5 Å². The molecule has 90 valence electrons. The number of aliphatic carboxylic acids is 1. The van der Waals surface area contributed by atoms with Gasteiger partial charge in [0, 0.05) is 0 Å². The van der Waals surface area contributed by atoms with E-state index in [4.69, 9.17) is 5.11 Å². The molecule has 1 atom stereocenters. The van der Waals surface area contributed by atoms with Crippen LogP contribution in [-0.4, -0.2) is 11.1 Å². The Morgan fingerprint density at radius 2 is 2.12 bits per heavy atom. The van der Waals surface area contributed by atoms with Crippen LogP contribution in [0.1, 0.15) is 37.8 Å². The predicted molar refractivity (Wildman–Crippen MR) is 68.8 cm³/mol. The summed E-state index contributed by atoms with van der Waals surface area (Å²) in [6.07, 6.45) is 2.17. The number of carbonyl (C=O) groups is 1. The average molecular weight is 230 g/mol. The topological polar surface area (TPSA) is 37.3 Å². The molecule has 1 aromatic rings. The highest BCUT2D eigenvalue weighted by Gasteiger charge is 2.24. The standard InChI is InChI=1S/C15H18O2/c1-3-11-8-12-6-4-5-7-13(12)10(2)14(11)9-15(16)17/h4-7,11H,3,8-9H2,1-2H3,(H,16,17). The first-order valence-corrected chi connectivity index (χ1v) is 6.13. The molecule has 1 aliphatic carbocycles. The van der Waals surface area contributed by atoms with Crippen LogP contribution in [0.5, 0.6) is 0 Å². The van der Waals surface area contributed by atoms with E-state index in [0.717, 1.165) is 18.4 Å². The van der Waals surface area contributed by atoms with Gasteiger partial charge in [-0.05, 0) is 42.4 Å². The molecule has 0 aromatic heterocycles. The van der Waals surface area contributed by atoms with Gasteiger partial charge in [0.15, 0.2) is 0 Å². The lowest BCUT2D eigenvalue weighted by Crippen LogP contribution is -2.17. The van der Waals surface area contributed by atoms with Crippen molar-refractivity contribution in [1.82, 2.24) is 0 Å². The molecule has 0 radical (unpaired) electrons. The highest BCUT2D eigenvalue weighted by atomic mass is 16.4. The van der Waals surface area contributed by atoms with E-state index in [9.17, 15) is 4.79 Å². The van der Waals surface area contributed by atoms with Gasteiger partial charge in [0.1, 0.15) is 0 Å². The third kappa shape index (κ3) is 2.26. The lowest BCUT2D eigenvalue weighted by molar-refractivity contribution is -0.136. The van der Waals surface area contributed by atoms with E-state index in [1.54, 1.807) is 0 Å². The summed E-state index contributed by atoms with van der Waals surface area (Å²) in [4.78, 5) is 11.0. The smallest absolute Gasteiger partial charge is 0.307 e. The summed E-state index contributed by atoms with van der Waals surface area (Å²) in [5.41, 5.74) is 4.86. The number of hydrogen-bond acceptors (Lipinski definition) is 1. The maximum absolute atomic E-state index is 11.0. The molecular weight excluding hydrogens is 212 g/mol. The molecule has 0 bridgehead atoms.